The highest BCUT2D eigenvalue weighted by atomic mass is 32.1. The van der Waals surface area contributed by atoms with Crippen molar-refractivity contribution in [2.24, 2.45) is 5.92 Å². The number of halogens is 1. The van der Waals surface area contributed by atoms with Crippen molar-refractivity contribution in [2.45, 2.75) is 33.6 Å². The Balaban J connectivity index is 1.53. The van der Waals surface area contributed by atoms with Crippen molar-refractivity contribution in [1.29, 1.82) is 0 Å². The van der Waals surface area contributed by atoms with Crippen LogP contribution in [0.4, 0.5) is 9.52 Å². The summed E-state index contributed by atoms with van der Waals surface area (Å²) in [5.41, 5.74) is 2.50. The number of hydrogen-bond acceptors (Lipinski definition) is 5. The van der Waals surface area contributed by atoms with Crippen molar-refractivity contribution in [3.8, 4) is 5.69 Å². The van der Waals surface area contributed by atoms with E-state index < -0.39 is 0 Å². The molecule has 0 atom stereocenters. The molecule has 1 aliphatic heterocycles. The van der Waals surface area contributed by atoms with Gasteiger partial charge in [-0.15, -0.1) is 0 Å². The molecular formula is C21H26FN5OS. The number of nitrogens with zero attached hydrogens (tertiary/aromatic N) is 5. The third kappa shape index (κ3) is 3.73. The minimum atomic E-state index is -0.270. The predicted octanol–water partition coefficient (Wildman–Crippen LogP) is 4.01. The highest BCUT2D eigenvalue weighted by Gasteiger charge is 2.27. The summed E-state index contributed by atoms with van der Waals surface area (Å²) in [6, 6.07) is 6.29. The molecule has 29 heavy (non-hydrogen) atoms. The quantitative estimate of drug-likeness (QED) is 0.632. The molecule has 0 unspecified atom stereocenters. The molecule has 4 rings (SSSR count). The van der Waals surface area contributed by atoms with Crippen LogP contribution in [0.1, 0.15) is 32.4 Å². The van der Waals surface area contributed by atoms with Crippen LogP contribution in [0.2, 0.25) is 0 Å². The molecule has 2 aromatic heterocycles. The molecule has 0 aliphatic carbocycles. The fourth-order valence-electron chi connectivity index (χ4n) is 3.83. The number of amides is 1. The van der Waals surface area contributed by atoms with Gasteiger partial charge in [-0.3, -0.25) is 4.79 Å². The smallest absolute Gasteiger partial charge is 0.225 e. The molecule has 0 spiro atoms. The summed E-state index contributed by atoms with van der Waals surface area (Å²) in [6.45, 7) is 9.15. The zero-order chi connectivity index (χ0) is 20.5. The topological polar surface area (TPSA) is 54.3 Å². The summed E-state index contributed by atoms with van der Waals surface area (Å²) in [4.78, 5) is 21.7. The molecule has 1 aromatic carbocycles. The first-order chi connectivity index (χ1) is 14.0. The van der Waals surface area contributed by atoms with Crippen molar-refractivity contribution in [2.75, 3.05) is 31.1 Å². The Kier molecular flexibility index (Phi) is 5.54. The monoisotopic (exact) mass is 415 g/mol. The van der Waals surface area contributed by atoms with E-state index >= 15 is 0 Å². The maximum Gasteiger partial charge on any atom is 0.225 e. The van der Waals surface area contributed by atoms with E-state index in [-0.39, 0.29) is 17.6 Å². The van der Waals surface area contributed by atoms with E-state index in [0.29, 0.717) is 0 Å². The van der Waals surface area contributed by atoms with Crippen molar-refractivity contribution >= 4 is 32.7 Å². The minimum Gasteiger partial charge on any atom is -0.344 e. The van der Waals surface area contributed by atoms with Crippen LogP contribution >= 0.6 is 11.3 Å². The van der Waals surface area contributed by atoms with Crippen LogP contribution in [-0.4, -0.2) is 51.8 Å². The zero-order valence-corrected chi connectivity index (χ0v) is 17.9. The molecule has 1 saturated heterocycles. The fourth-order valence-corrected chi connectivity index (χ4v) is 4.87. The first-order valence-electron chi connectivity index (χ1n) is 10.2. The van der Waals surface area contributed by atoms with Crippen LogP contribution < -0.4 is 4.90 Å². The van der Waals surface area contributed by atoms with Crippen LogP contribution in [0.5, 0.6) is 0 Å². The van der Waals surface area contributed by atoms with E-state index in [4.69, 9.17) is 4.98 Å². The lowest BCUT2D eigenvalue weighted by Crippen LogP contribution is -2.50. The highest BCUT2D eigenvalue weighted by Crippen LogP contribution is 2.33. The number of carbonyl (C=O) groups is 1. The summed E-state index contributed by atoms with van der Waals surface area (Å²) in [5, 5.41) is 5.53. The molecule has 1 amide bonds. The van der Waals surface area contributed by atoms with Gasteiger partial charge in [-0.25, -0.2) is 9.07 Å². The summed E-state index contributed by atoms with van der Waals surface area (Å²) >= 11 is 1.63. The molecule has 0 saturated carbocycles. The average Bonchev–Trinajstić information content (AvgIpc) is 3.30. The van der Waals surface area contributed by atoms with Gasteiger partial charge in [-0.2, -0.15) is 10.1 Å². The van der Waals surface area contributed by atoms with E-state index in [1.165, 1.54) is 12.1 Å². The predicted molar refractivity (Wildman–Crippen MR) is 114 cm³/mol. The molecule has 8 heteroatoms. The summed E-state index contributed by atoms with van der Waals surface area (Å²) < 4.78 is 16.1. The Morgan fingerprint density at radius 1 is 1.14 bits per heavy atom. The number of thiazole rings is 1. The lowest BCUT2D eigenvalue weighted by molar-refractivity contribution is -0.136. The Hall–Kier alpha value is -2.48. The molecule has 1 aliphatic rings. The third-order valence-electron chi connectivity index (χ3n) is 5.65. The van der Waals surface area contributed by atoms with E-state index in [1.54, 1.807) is 28.2 Å². The Bertz CT molecular complexity index is 1000. The number of piperazine rings is 1. The van der Waals surface area contributed by atoms with Crippen LogP contribution in [0.25, 0.3) is 16.0 Å². The van der Waals surface area contributed by atoms with Gasteiger partial charge in [0.15, 0.2) is 10.8 Å². The van der Waals surface area contributed by atoms with E-state index in [2.05, 4.69) is 23.8 Å². The Morgan fingerprint density at radius 3 is 2.41 bits per heavy atom. The van der Waals surface area contributed by atoms with Gasteiger partial charge in [0.1, 0.15) is 5.82 Å². The lowest BCUT2D eigenvalue weighted by Gasteiger charge is -2.36. The summed E-state index contributed by atoms with van der Waals surface area (Å²) in [5.74, 6) is 0.142. The fraction of sp³-hybridized carbons (Fsp3) is 0.476. The largest absolute Gasteiger partial charge is 0.344 e. The number of aryl methyl sites for hydroxylation is 1. The van der Waals surface area contributed by atoms with Crippen molar-refractivity contribution in [3.63, 3.8) is 0 Å². The molecule has 0 radical (unpaired) electrons. The number of fused-ring (bicyclic) bond motifs is 1. The summed E-state index contributed by atoms with van der Waals surface area (Å²) in [6.07, 6.45) is 1.79. The minimum absolute atomic E-state index is 0.133. The van der Waals surface area contributed by atoms with Crippen LogP contribution in [0.3, 0.4) is 0 Å². The first-order valence-corrected chi connectivity index (χ1v) is 11.0. The molecule has 1 fully saturated rings. The molecular weight excluding hydrogens is 389 g/mol. The number of anilines is 1. The van der Waals surface area contributed by atoms with E-state index in [9.17, 15) is 9.18 Å². The SMILES string of the molecule is CCC(CC)C(=O)N1CCN(c2nc3c(s2)c(C)nn3-c2ccc(F)cc2)CC1. The van der Waals surface area contributed by atoms with Gasteiger partial charge in [0.25, 0.3) is 0 Å². The number of rotatable bonds is 5. The van der Waals surface area contributed by atoms with Crippen molar-refractivity contribution in [1.82, 2.24) is 19.7 Å². The van der Waals surface area contributed by atoms with Crippen LogP contribution in [0.15, 0.2) is 24.3 Å². The Morgan fingerprint density at radius 2 is 1.79 bits per heavy atom. The third-order valence-corrected chi connectivity index (χ3v) is 6.86. The summed E-state index contributed by atoms with van der Waals surface area (Å²) in [7, 11) is 0. The lowest BCUT2D eigenvalue weighted by atomic mass is 10.0. The first kappa shape index (κ1) is 19.8. The van der Waals surface area contributed by atoms with Gasteiger partial charge in [0, 0.05) is 32.1 Å². The standard InChI is InChI=1S/C21H26FN5OS/c1-4-15(5-2)20(28)25-10-12-26(13-11-25)21-23-19-18(29-21)14(3)24-27(19)17-8-6-16(22)7-9-17/h6-9,15H,4-5,10-13H2,1-3H3. The average molecular weight is 416 g/mol. The maximum atomic E-state index is 13.3. The zero-order valence-electron chi connectivity index (χ0n) is 17.1. The van der Waals surface area contributed by atoms with Crippen molar-refractivity contribution < 1.29 is 9.18 Å². The molecule has 0 N–H and O–H groups in total. The molecule has 154 valence electrons. The second-order valence-corrected chi connectivity index (χ2v) is 8.43. The molecule has 0 bridgehead atoms. The van der Waals surface area contributed by atoms with Crippen LogP contribution in [-0.2, 0) is 4.79 Å². The van der Waals surface area contributed by atoms with Crippen molar-refractivity contribution in [3.05, 3.63) is 35.8 Å². The normalized spacial score (nSPS) is 14.9. The van der Waals surface area contributed by atoms with Gasteiger partial charge in [-0.05, 0) is 44.0 Å². The molecule has 3 heterocycles. The number of benzene rings is 1. The Labute approximate surface area is 173 Å². The number of hydrogen-bond donors (Lipinski definition) is 0. The molecule has 6 nitrogen and oxygen atoms in total. The van der Waals surface area contributed by atoms with Crippen LogP contribution in [0, 0.1) is 18.7 Å². The number of carbonyl (C=O) groups excluding carboxylic acids is 1. The second-order valence-electron chi connectivity index (χ2n) is 7.45. The van der Waals surface area contributed by atoms with Gasteiger partial charge in [0.05, 0.1) is 16.1 Å². The van der Waals surface area contributed by atoms with Gasteiger partial charge in [0.2, 0.25) is 5.91 Å². The second kappa shape index (κ2) is 8.10. The maximum absolute atomic E-state index is 13.3. The van der Waals surface area contributed by atoms with Gasteiger partial charge < -0.3 is 9.80 Å². The number of aromatic nitrogens is 3. The van der Waals surface area contributed by atoms with Gasteiger partial charge >= 0.3 is 0 Å². The van der Waals surface area contributed by atoms with E-state index in [0.717, 1.165) is 65.9 Å². The van der Waals surface area contributed by atoms with E-state index in [1.807, 2.05) is 11.8 Å². The molecule has 3 aromatic rings. The highest BCUT2D eigenvalue weighted by molar-refractivity contribution is 7.22. The van der Waals surface area contributed by atoms with Gasteiger partial charge in [-0.1, -0.05) is 25.2 Å².